The number of ether oxygens (including phenoxy) is 2. The van der Waals surface area contributed by atoms with E-state index < -0.39 is 0 Å². The van der Waals surface area contributed by atoms with Gasteiger partial charge in [0.25, 0.3) is 0 Å². The summed E-state index contributed by atoms with van der Waals surface area (Å²) in [4.78, 5) is 17.4. The fourth-order valence-corrected chi connectivity index (χ4v) is 4.19. The molecule has 1 aromatic heterocycles. The van der Waals surface area contributed by atoms with Gasteiger partial charge in [-0.25, -0.2) is 4.79 Å². The maximum atomic E-state index is 12.7. The molecule has 1 fully saturated rings. The number of carbonyl (C=O) groups is 1. The first-order valence-electron chi connectivity index (χ1n) is 11.6. The Labute approximate surface area is 195 Å². The molecule has 0 radical (unpaired) electrons. The molecule has 6 heteroatoms. The van der Waals surface area contributed by atoms with E-state index in [1.54, 1.807) is 13.3 Å². The van der Waals surface area contributed by atoms with Gasteiger partial charge in [-0.1, -0.05) is 37.3 Å². The summed E-state index contributed by atoms with van der Waals surface area (Å²) >= 11 is 0. The molecule has 1 aliphatic carbocycles. The topological polar surface area (TPSA) is 72.5 Å². The van der Waals surface area contributed by atoms with E-state index in [2.05, 4.69) is 22.5 Å². The lowest BCUT2D eigenvalue weighted by Crippen LogP contribution is -2.29. The van der Waals surface area contributed by atoms with Crippen molar-refractivity contribution in [3.05, 3.63) is 71.9 Å². The Hall–Kier alpha value is -3.54. The van der Waals surface area contributed by atoms with Gasteiger partial charge in [0.05, 0.1) is 24.6 Å². The van der Waals surface area contributed by atoms with E-state index in [9.17, 15) is 4.79 Å². The number of benzene rings is 2. The molecule has 0 aliphatic heterocycles. The van der Waals surface area contributed by atoms with Gasteiger partial charge in [-0.3, -0.25) is 4.98 Å². The van der Waals surface area contributed by atoms with Crippen molar-refractivity contribution in [2.75, 3.05) is 12.4 Å². The molecule has 4 rings (SSSR count). The number of anilines is 1. The summed E-state index contributed by atoms with van der Waals surface area (Å²) < 4.78 is 11.8. The van der Waals surface area contributed by atoms with Gasteiger partial charge < -0.3 is 20.1 Å². The number of urea groups is 1. The van der Waals surface area contributed by atoms with Crippen LogP contribution < -0.4 is 20.1 Å². The predicted molar refractivity (Wildman–Crippen MR) is 131 cm³/mol. The third kappa shape index (κ3) is 5.64. The van der Waals surface area contributed by atoms with Crippen molar-refractivity contribution < 1.29 is 14.3 Å². The second-order valence-electron chi connectivity index (χ2n) is 8.23. The number of pyridine rings is 1. The van der Waals surface area contributed by atoms with E-state index in [0.717, 1.165) is 36.0 Å². The van der Waals surface area contributed by atoms with E-state index >= 15 is 0 Å². The van der Waals surface area contributed by atoms with Crippen LogP contribution in [0.4, 0.5) is 10.5 Å². The van der Waals surface area contributed by atoms with Gasteiger partial charge in [-0.15, -0.1) is 0 Å². The van der Waals surface area contributed by atoms with Gasteiger partial charge in [-0.05, 0) is 67.5 Å². The first-order valence-corrected chi connectivity index (χ1v) is 11.6. The lowest BCUT2D eigenvalue weighted by molar-refractivity contribution is 0.201. The Morgan fingerprint density at radius 1 is 1.06 bits per heavy atom. The highest BCUT2D eigenvalue weighted by atomic mass is 16.5. The Balaban J connectivity index is 1.59. The number of aromatic nitrogens is 1. The second kappa shape index (κ2) is 10.9. The maximum Gasteiger partial charge on any atom is 0.319 e. The molecule has 2 amide bonds. The van der Waals surface area contributed by atoms with Crippen molar-refractivity contribution in [3.63, 3.8) is 0 Å². The summed E-state index contributed by atoms with van der Waals surface area (Å²) in [5.74, 6) is 1.41. The molecular formula is C27H31N3O3. The number of hydrogen-bond acceptors (Lipinski definition) is 4. The highest BCUT2D eigenvalue weighted by molar-refractivity contribution is 5.94. The van der Waals surface area contributed by atoms with Crippen molar-refractivity contribution in [2.45, 2.75) is 51.7 Å². The van der Waals surface area contributed by atoms with E-state index in [1.807, 2.05) is 54.6 Å². The number of hydrogen-bond donors (Lipinski definition) is 2. The number of rotatable bonds is 8. The fraction of sp³-hybridized carbons (Fsp3) is 0.333. The van der Waals surface area contributed by atoms with Crippen LogP contribution in [-0.2, 0) is 13.0 Å². The molecule has 0 spiro atoms. The Morgan fingerprint density at radius 3 is 2.58 bits per heavy atom. The third-order valence-corrected chi connectivity index (χ3v) is 5.99. The van der Waals surface area contributed by atoms with Crippen LogP contribution in [0, 0.1) is 0 Å². The van der Waals surface area contributed by atoms with Gasteiger partial charge in [0.2, 0.25) is 0 Å². The zero-order chi connectivity index (χ0) is 23.0. The summed E-state index contributed by atoms with van der Waals surface area (Å²) in [5.41, 5.74) is 4.35. The van der Waals surface area contributed by atoms with E-state index in [4.69, 9.17) is 9.47 Å². The third-order valence-electron chi connectivity index (χ3n) is 5.99. The Morgan fingerprint density at radius 2 is 1.85 bits per heavy atom. The molecule has 3 aromatic rings. The summed E-state index contributed by atoms with van der Waals surface area (Å²) in [6.45, 7) is 2.51. The largest absolute Gasteiger partial charge is 0.493 e. The van der Waals surface area contributed by atoms with Crippen LogP contribution in [0.15, 0.2) is 60.8 Å². The molecule has 0 saturated heterocycles. The summed E-state index contributed by atoms with van der Waals surface area (Å²) in [5, 5.41) is 5.97. The van der Waals surface area contributed by atoms with Crippen LogP contribution in [0.1, 0.15) is 43.7 Å². The minimum Gasteiger partial charge on any atom is -0.493 e. The molecule has 1 heterocycles. The van der Waals surface area contributed by atoms with E-state index in [0.29, 0.717) is 29.4 Å². The smallest absolute Gasteiger partial charge is 0.319 e. The van der Waals surface area contributed by atoms with Crippen molar-refractivity contribution in [2.24, 2.45) is 0 Å². The van der Waals surface area contributed by atoms with Crippen LogP contribution >= 0.6 is 0 Å². The molecule has 33 heavy (non-hydrogen) atoms. The van der Waals surface area contributed by atoms with E-state index in [-0.39, 0.29) is 12.1 Å². The van der Waals surface area contributed by atoms with Crippen molar-refractivity contribution in [1.29, 1.82) is 0 Å². The SMILES string of the molecule is CCc1ccnc(-c2ccc(OC)c(OC3CCCC3)c2)c1NC(=O)NCc1ccccc1. The van der Waals surface area contributed by atoms with Gasteiger partial charge in [0.15, 0.2) is 11.5 Å². The molecular weight excluding hydrogens is 414 g/mol. The van der Waals surface area contributed by atoms with Gasteiger partial charge in [-0.2, -0.15) is 0 Å². The lowest BCUT2D eigenvalue weighted by Gasteiger charge is -2.18. The first kappa shape index (κ1) is 22.6. The number of nitrogens with one attached hydrogen (secondary N) is 2. The number of amides is 2. The van der Waals surface area contributed by atoms with Crippen LogP contribution in [0.25, 0.3) is 11.3 Å². The Bertz CT molecular complexity index is 1080. The van der Waals surface area contributed by atoms with Crippen LogP contribution in [0.2, 0.25) is 0 Å². The number of methoxy groups -OCH3 is 1. The van der Waals surface area contributed by atoms with Gasteiger partial charge in [0.1, 0.15) is 0 Å². The monoisotopic (exact) mass is 445 g/mol. The zero-order valence-electron chi connectivity index (χ0n) is 19.3. The van der Waals surface area contributed by atoms with Crippen LogP contribution in [-0.4, -0.2) is 24.2 Å². The highest BCUT2D eigenvalue weighted by Crippen LogP contribution is 2.37. The van der Waals surface area contributed by atoms with Gasteiger partial charge in [0, 0.05) is 18.3 Å². The highest BCUT2D eigenvalue weighted by Gasteiger charge is 2.20. The Kier molecular flexibility index (Phi) is 7.45. The molecule has 0 bridgehead atoms. The number of nitrogens with zero attached hydrogens (tertiary/aromatic N) is 1. The normalized spacial score (nSPS) is 13.5. The molecule has 1 saturated carbocycles. The van der Waals surface area contributed by atoms with Crippen LogP contribution in [0.5, 0.6) is 11.5 Å². The maximum absolute atomic E-state index is 12.7. The lowest BCUT2D eigenvalue weighted by atomic mass is 10.0. The summed E-state index contributed by atoms with van der Waals surface area (Å²) in [7, 11) is 1.65. The molecule has 172 valence electrons. The average Bonchev–Trinajstić information content (AvgIpc) is 3.36. The zero-order valence-corrected chi connectivity index (χ0v) is 19.3. The minimum atomic E-state index is -0.265. The number of aryl methyl sites for hydroxylation is 1. The average molecular weight is 446 g/mol. The molecule has 0 unspecified atom stereocenters. The summed E-state index contributed by atoms with van der Waals surface area (Å²) in [6, 6.07) is 17.3. The summed E-state index contributed by atoms with van der Waals surface area (Å²) in [6.07, 6.45) is 7.27. The van der Waals surface area contributed by atoms with Crippen molar-refractivity contribution >= 4 is 11.7 Å². The standard InChI is InChI=1S/C27H31N3O3/c1-3-20-15-16-28-25(26(20)30-27(31)29-18-19-9-5-4-6-10-19)21-13-14-23(32-2)24(17-21)33-22-11-7-8-12-22/h4-6,9-10,13-17,22H,3,7-8,11-12,18H2,1-2H3,(H2,29,30,31). The molecule has 2 aromatic carbocycles. The van der Waals surface area contributed by atoms with Crippen molar-refractivity contribution in [3.8, 4) is 22.8 Å². The predicted octanol–water partition coefficient (Wildman–Crippen LogP) is 5.96. The minimum absolute atomic E-state index is 0.213. The quantitative estimate of drug-likeness (QED) is 0.449. The molecule has 6 nitrogen and oxygen atoms in total. The van der Waals surface area contributed by atoms with Crippen molar-refractivity contribution in [1.82, 2.24) is 10.3 Å². The molecule has 1 aliphatic rings. The molecule has 2 N–H and O–H groups in total. The number of carbonyl (C=O) groups excluding carboxylic acids is 1. The molecule has 0 atom stereocenters. The fourth-order valence-electron chi connectivity index (χ4n) is 4.19. The second-order valence-corrected chi connectivity index (χ2v) is 8.23. The van der Waals surface area contributed by atoms with Crippen LogP contribution in [0.3, 0.4) is 0 Å². The van der Waals surface area contributed by atoms with E-state index in [1.165, 1.54) is 12.8 Å². The first-order chi connectivity index (χ1) is 16.2. The van der Waals surface area contributed by atoms with Gasteiger partial charge >= 0.3 is 6.03 Å².